The molecule has 11 aromatic carbocycles. The molecule has 2 aromatic heterocycles. The molecule has 0 amide bonds. The molecule has 0 N–H and O–H groups in total. The van der Waals surface area contributed by atoms with Crippen molar-refractivity contribution in [3.63, 3.8) is 0 Å². The minimum atomic E-state index is 0.875. The van der Waals surface area contributed by atoms with Crippen LogP contribution in [0.2, 0.25) is 0 Å². The molecular formula is C62H40N2O. The average molecular weight is 829 g/mol. The third-order valence-electron chi connectivity index (χ3n) is 13.2. The highest BCUT2D eigenvalue weighted by molar-refractivity contribution is 6.15. The third kappa shape index (κ3) is 5.97. The van der Waals surface area contributed by atoms with E-state index in [-0.39, 0.29) is 0 Å². The molecule has 0 atom stereocenters. The molecule has 0 spiro atoms. The first-order chi connectivity index (χ1) is 32.3. The second kappa shape index (κ2) is 15.0. The van der Waals surface area contributed by atoms with Crippen LogP contribution in [0.4, 0.5) is 17.1 Å². The lowest BCUT2D eigenvalue weighted by molar-refractivity contribution is 0.669. The van der Waals surface area contributed by atoms with Crippen molar-refractivity contribution in [2.45, 2.75) is 0 Å². The van der Waals surface area contributed by atoms with Gasteiger partial charge in [-0.2, -0.15) is 0 Å². The lowest BCUT2D eigenvalue weighted by Gasteiger charge is -2.30. The zero-order valence-corrected chi connectivity index (χ0v) is 35.4. The molecule has 0 fully saturated rings. The molecule has 0 saturated heterocycles. The smallest absolute Gasteiger partial charge is 0.136 e. The maximum atomic E-state index is 6.45. The Hall–Kier alpha value is -8.66. The van der Waals surface area contributed by atoms with Gasteiger partial charge >= 0.3 is 0 Å². The molecule has 13 rings (SSSR count). The fraction of sp³-hybridized carbons (Fsp3) is 0. The molecule has 13 aromatic rings. The number of anilines is 3. The molecule has 0 aliphatic rings. The SMILES string of the molecule is c1ccc(N(c2ccc(-c3ccccc3-n3c4ccccc4c4ccccc43)cc2)c2ccccc2-c2cccc3oc4ccccc4c23)c(-c2ccc3c(ccc4ccccc43)c2)c1. The van der Waals surface area contributed by atoms with Crippen LogP contribution in [-0.2, 0) is 0 Å². The van der Waals surface area contributed by atoms with E-state index in [1.807, 2.05) is 6.07 Å². The summed E-state index contributed by atoms with van der Waals surface area (Å²) in [6.45, 7) is 0. The van der Waals surface area contributed by atoms with Crippen molar-refractivity contribution in [2.24, 2.45) is 0 Å². The Kier molecular flexibility index (Phi) is 8.53. The maximum Gasteiger partial charge on any atom is 0.136 e. The van der Waals surface area contributed by atoms with E-state index in [4.69, 9.17) is 4.42 Å². The zero-order valence-electron chi connectivity index (χ0n) is 35.4. The van der Waals surface area contributed by atoms with Gasteiger partial charge in [-0.05, 0) is 98.9 Å². The summed E-state index contributed by atoms with van der Waals surface area (Å²) in [5, 5.41) is 9.70. The van der Waals surface area contributed by atoms with E-state index in [0.717, 1.165) is 72.5 Å². The second-order valence-corrected chi connectivity index (χ2v) is 16.8. The number of aromatic nitrogens is 1. The summed E-state index contributed by atoms with van der Waals surface area (Å²) < 4.78 is 8.86. The van der Waals surface area contributed by atoms with Crippen molar-refractivity contribution in [3.05, 3.63) is 243 Å². The van der Waals surface area contributed by atoms with Gasteiger partial charge < -0.3 is 13.9 Å². The predicted octanol–water partition coefficient (Wildman–Crippen LogP) is 17.5. The van der Waals surface area contributed by atoms with Gasteiger partial charge in [-0.3, -0.25) is 0 Å². The lowest BCUT2D eigenvalue weighted by Crippen LogP contribution is -2.12. The second-order valence-electron chi connectivity index (χ2n) is 16.8. The summed E-state index contributed by atoms with van der Waals surface area (Å²) in [6.07, 6.45) is 0. The molecule has 0 radical (unpaired) electrons. The molecule has 3 heteroatoms. The van der Waals surface area contributed by atoms with Gasteiger partial charge in [0.1, 0.15) is 11.2 Å². The van der Waals surface area contributed by atoms with Gasteiger partial charge in [0, 0.05) is 43.9 Å². The number of para-hydroxylation sites is 6. The van der Waals surface area contributed by atoms with Crippen LogP contribution in [-0.4, -0.2) is 4.57 Å². The highest BCUT2D eigenvalue weighted by Crippen LogP contribution is 2.48. The largest absolute Gasteiger partial charge is 0.456 e. The van der Waals surface area contributed by atoms with Gasteiger partial charge in [-0.15, -0.1) is 0 Å². The van der Waals surface area contributed by atoms with Crippen LogP contribution >= 0.6 is 0 Å². The first-order valence-electron chi connectivity index (χ1n) is 22.3. The molecule has 0 saturated carbocycles. The third-order valence-corrected chi connectivity index (χ3v) is 13.2. The summed E-state index contributed by atoms with van der Waals surface area (Å²) in [7, 11) is 0. The monoisotopic (exact) mass is 828 g/mol. The molecule has 3 nitrogen and oxygen atoms in total. The van der Waals surface area contributed by atoms with Crippen molar-refractivity contribution in [2.75, 3.05) is 4.90 Å². The Morgan fingerprint density at radius 1 is 0.323 bits per heavy atom. The van der Waals surface area contributed by atoms with Gasteiger partial charge in [0.2, 0.25) is 0 Å². The summed E-state index contributed by atoms with van der Waals surface area (Å²) in [4.78, 5) is 2.44. The number of hydrogen-bond acceptors (Lipinski definition) is 2. The van der Waals surface area contributed by atoms with Crippen LogP contribution < -0.4 is 4.90 Å². The van der Waals surface area contributed by atoms with Gasteiger partial charge in [-0.25, -0.2) is 0 Å². The Labute approximate surface area is 376 Å². The number of nitrogens with zero attached hydrogens (tertiary/aromatic N) is 2. The van der Waals surface area contributed by atoms with Crippen LogP contribution in [0.5, 0.6) is 0 Å². The van der Waals surface area contributed by atoms with E-state index >= 15 is 0 Å². The van der Waals surface area contributed by atoms with Crippen molar-refractivity contribution >= 4 is 82.4 Å². The Morgan fingerprint density at radius 2 is 0.862 bits per heavy atom. The minimum absolute atomic E-state index is 0.875. The van der Waals surface area contributed by atoms with Crippen LogP contribution in [0, 0.1) is 0 Å². The predicted molar refractivity (Wildman–Crippen MR) is 274 cm³/mol. The van der Waals surface area contributed by atoms with Gasteiger partial charge in [0.25, 0.3) is 0 Å². The van der Waals surface area contributed by atoms with Gasteiger partial charge in [0.05, 0.1) is 28.1 Å². The Morgan fingerprint density at radius 3 is 1.65 bits per heavy atom. The van der Waals surface area contributed by atoms with Crippen LogP contribution in [0.1, 0.15) is 0 Å². The molecule has 0 unspecified atom stereocenters. The highest BCUT2D eigenvalue weighted by Gasteiger charge is 2.23. The molecule has 0 aliphatic heterocycles. The summed E-state index contributed by atoms with van der Waals surface area (Å²) in [6, 6.07) is 87.8. The van der Waals surface area contributed by atoms with Crippen molar-refractivity contribution < 1.29 is 4.42 Å². The number of rotatable bonds is 7. The van der Waals surface area contributed by atoms with Crippen LogP contribution in [0.3, 0.4) is 0 Å². The normalized spacial score (nSPS) is 11.7. The van der Waals surface area contributed by atoms with E-state index in [1.165, 1.54) is 48.9 Å². The fourth-order valence-corrected chi connectivity index (χ4v) is 10.3. The lowest BCUT2D eigenvalue weighted by atomic mass is 9.94. The number of fused-ring (bicyclic) bond motifs is 9. The minimum Gasteiger partial charge on any atom is -0.456 e. The van der Waals surface area contributed by atoms with Gasteiger partial charge in [-0.1, -0.05) is 182 Å². The number of benzene rings is 11. The van der Waals surface area contributed by atoms with Crippen molar-refractivity contribution in [3.8, 4) is 39.1 Å². The summed E-state index contributed by atoms with van der Waals surface area (Å²) >= 11 is 0. The Balaban J connectivity index is 1.01. The van der Waals surface area contributed by atoms with Crippen molar-refractivity contribution in [1.29, 1.82) is 0 Å². The molecule has 304 valence electrons. The zero-order chi connectivity index (χ0) is 42.8. The van der Waals surface area contributed by atoms with Crippen LogP contribution in [0.25, 0.3) is 104 Å². The molecule has 0 bridgehead atoms. The quantitative estimate of drug-likeness (QED) is 0.149. The summed E-state index contributed by atoms with van der Waals surface area (Å²) in [5.41, 5.74) is 15.4. The topological polar surface area (TPSA) is 21.3 Å². The molecule has 0 aliphatic carbocycles. The highest BCUT2D eigenvalue weighted by atomic mass is 16.3. The van der Waals surface area contributed by atoms with E-state index in [0.29, 0.717) is 0 Å². The van der Waals surface area contributed by atoms with E-state index < -0.39 is 0 Å². The Bertz CT molecular complexity index is 3910. The summed E-state index contributed by atoms with van der Waals surface area (Å²) in [5.74, 6) is 0. The average Bonchev–Trinajstić information content (AvgIpc) is 3.93. The standard InChI is InChI=1S/C62H40N2O/c1-2-17-46-41(16-1)32-33-43-40-44(36-39-47(43)46)49-19-4-9-25-55(49)63(57-27-11-7-22-52(57)53-24-15-31-61-62(53)54-23-8-14-30-60(54)65-61)45-37-34-42(35-38-45)48-18-3-10-26-56(48)64-58-28-12-5-20-50(58)51-21-6-13-29-59(51)64/h1-40H. The van der Waals surface area contributed by atoms with Gasteiger partial charge in [0.15, 0.2) is 0 Å². The van der Waals surface area contributed by atoms with Crippen LogP contribution in [0.15, 0.2) is 247 Å². The van der Waals surface area contributed by atoms with E-state index in [2.05, 4.69) is 246 Å². The van der Waals surface area contributed by atoms with Crippen molar-refractivity contribution in [1.82, 2.24) is 4.57 Å². The fourth-order valence-electron chi connectivity index (χ4n) is 10.3. The maximum absolute atomic E-state index is 6.45. The van der Waals surface area contributed by atoms with E-state index in [1.54, 1.807) is 0 Å². The molecular weight excluding hydrogens is 789 g/mol. The number of hydrogen-bond donors (Lipinski definition) is 0. The first-order valence-corrected chi connectivity index (χ1v) is 22.3. The number of furan rings is 1. The molecule has 65 heavy (non-hydrogen) atoms. The first kappa shape index (κ1) is 36.9. The molecule has 2 heterocycles. The van der Waals surface area contributed by atoms with E-state index in [9.17, 15) is 0 Å².